The third kappa shape index (κ3) is 6.40. The van der Waals surface area contributed by atoms with Gasteiger partial charge in [0, 0.05) is 0 Å². The second kappa shape index (κ2) is 6.48. The van der Waals surface area contributed by atoms with Crippen molar-refractivity contribution in [1.29, 1.82) is 0 Å². The monoisotopic (exact) mass is 230 g/mol. The summed E-state index contributed by atoms with van der Waals surface area (Å²) in [4.78, 5) is 20.5. The third-order valence-corrected chi connectivity index (χ3v) is 1.88. The summed E-state index contributed by atoms with van der Waals surface area (Å²) in [6.07, 6.45) is 7.12. The smallest absolute Gasteiger partial charge is 0.338 e. The molecule has 3 aliphatic rings. The van der Waals surface area contributed by atoms with Crippen LogP contribution in [0.3, 0.4) is 0 Å². The van der Waals surface area contributed by atoms with Gasteiger partial charge in [-0.3, -0.25) is 0 Å². The Morgan fingerprint density at radius 2 is 1.50 bits per heavy atom. The van der Waals surface area contributed by atoms with Crippen LogP contribution in [0, 0.1) is 0 Å². The average molecular weight is 230 g/mol. The molecule has 0 bridgehead atoms. The highest BCUT2D eigenvalue weighted by atomic mass is 16.6. The van der Waals surface area contributed by atoms with Crippen molar-refractivity contribution < 1.29 is 24.2 Å². The van der Waals surface area contributed by atoms with Gasteiger partial charge in [-0.15, -0.1) is 0 Å². The lowest BCUT2D eigenvalue weighted by atomic mass is 10.3. The fourth-order valence-corrected chi connectivity index (χ4v) is 0.596. The van der Waals surface area contributed by atoms with Crippen LogP contribution in [0.2, 0.25) is 0 Å². The minimum Gasteiger partial charge on any atom is -0.479 e. The van der Waals surface area contributed by atoms with Gasteiger partial charge in [0.05, 0.1) is 7.11 Å². The summed E-state index contributed by atoms with van der Waals surface area (Å²) in [5.41, 5.74) is 0. The average Bonchev–Trinajstić information content (AvgIpc) is 3.13. The molecule has 0 aromatic carbocycles. The van der Waals surface area contributed by atoms with Crippen molar-refractivity contribution in [3.63, 3.8) is 0 Å². The molecule has 5 nitrogen and oxygen atoms in total. The highest BCUT2D eigenvalue weighted by Gasteiger charge is 2.51. The van der Waals surface area contributed by atoms with E-state index >= 15 is 0 Å². The number of carboxylic acid groups (broad SMARTS) is 1. The van der Waals surface area contributed by atoms with E-state index in [-0.39, 0.29) is 0 Å². The lowest BCUT2D eigenvalue weighted by Gasteiger charge is -1.88. The number of methoxy groups -OCH3 is 1. The van der Waals surface area contributed by atoms with E-state index < -0.39 is 24.1 Å². The SMILES string of the molecule is C1CC1.C1CC1.COC(=O)C1OC1C(=O)O. The third-order valence-electron chi connectivity index (χ3n) is 1.88. The van der Waals surface area contributed by atoms with E-state index in [0.29, 0.717) is 0 Å². The number of rotatable bonds is 2. The van der Waals surface area contributed by atoms with Gasteiger partial charge in [0.15, 0.2) is 12.2 Å². The van der Waals surface area contributed by atoms with E-state index in [9.17, 15) is 9.59 Å². The summed E-state index contributed by atoms with van der Waals surface area (Å²) >= 11 is 0. The van der Waals surface area contributed by atoms with Gasteiger partial charge in [0.25, 0.3) is 0 Å². The summed E-state index contributed by atoms with van der Waals surface area (Å²) in [6.45, 7) is 0. The Hall–Kier alpha value is -1.10. The molecule has 0 amide bonds. The molecule has 2 aliphatic carbocycles. The van der Waals surface area contributed by atoms with Gasteiger partial charge in [-0.05, 0) is 0 Å². The van der Waals surface area contributed by atoms with Crippen LogP contribution in [0.25, 0.3) is 0 Å². The molecule has 1 saturated heterocycles. The Morgan fingerprint density at radius 3 is 1.69 bits per heavy atom. The Balaban J connectivity index is 0.000000170. The maximum Gasteiger partial charge on any atom is 0.338 e. The second-order valence-corrected chi connectivity index (χ2v) is 3.96. The predicted molar refractivity (Wildman–Crippen MR) is 56.0 cm³/mol. The van der Waals surface area contributed by atoms with Gasteiger partial charge in [-0.2, -0.15) is 0 Å². The fraction of sp³-hybridized carbons (Fsp3) is 0.818. The maximum atomic E-state index is 10.5. The molecule has 3 fully saturated rings. The first-order valence-corrected chi connectivity index (χ1v) is 5.63. The van der Waals surface area contributed by atoms with E-state index in [0.717, 1.165) is 0 Å². The van der Waals surface area contributed by atoms with Crippen LogP contribution in [-0.2, 0) is 19.1 Å². The lowest BCUT2D eigenvalue weighted by Crippen LogP contribution is -2.16. The number of hydrogen-bond donors (Lipinski definition) is 1. The molecule has 92 valence electrons. The zero-order chi connectivity index (χ0) is 12.0. The van der Waals surface area contributed by atoms with E-state index in [2.05, 4.69) is 9.47 Å². The normalized spacial score (nSPS) is 27.3. The van der Waals surface area contributed by atoms with Crippen LogP contribution in [0.4, 0.5) is 0 Å². The van der Waals surface area contributed by atoms with Crippen molar-refractivity contribution in [1.82, 2.24) is 0 Å². The van der Waals surface area contributed by atoms with Crippen LogP contribution in [0.5, 0.6) is 0 Å². The first-order valence-electron chi connectivity index (χ1n) is 5.63. The molecule has 0 radical (unpaired) electrons. The van der Waals surface area contributed by atoms with Gasteiger partial charge in [0.1, 0.15) is 0 Å². The number of carbonyl (C=O) groups is 2. The molecule has 5 heteroatoms. The topological polar surface area (TPSA) is 76.1 Å². The Kier molecular flexibility index (Phi) is 5.25. The molecule has 1 aliphatic heterocycles. The molecule has 0 aromatic rings. The molecule has 16 heavy (non-hydrogen) atoms. The van der Waals surface area contributed by atoms with E-state index in [1.165, 1.54) is 45.6 Å². The molecule has 2 saturated carbocycles. The van der Waals surface area contributed by atoms with Crippen molar-refractivity contribution >= 4 is 11.9 Å². The van der Waals surface area contributed by atoms with Crippen molar-refractivity contribution in [2.24, 2.45) is 0 Å². The Morgan fingerprint density at radius 1 is 1.06 bits per heavy atom. The van der Waals surface area contributed by atoms with Crippen molar-refractivity contribution in [2.75, 3.05) is 7.11 Å². The zero-order valence-electron chi connectivity index (χ0n) is 9.48. The zero-order valence-corrected chi connectivity index (χ0v) is 9.48. The van der Waals surface area contributed by atoms with Gasteiger partial charge in [-0.25, -0.2) is 9.59 Å². The van der Waals surface area contributed by atoms with Crippen LogP contribution >= 0.6 is 0 Å². The molecular formula is C11H18O5. The van der Waals surface area contributed by atoms with Gasteiger partial charge >= 0.3 is 11.9 Å². The molecule has 2 atom stereocenters. The highest BCUT2D eigenvalue weighted by molar-refractivity contribution is 5.88. The highest BCUT2D eigenvalue weighted by Crippen LogP contribution is 2.22. The summed E-state index contributed by atoms with van der Waals surface area (Å²) in [6, 6.07) is 0. The van der Waals surface area contributed by atoms with Crippen molar-refractivity contribution in [3.05, 3.63) is 0 Å². The molecule has 1 heterocycles. The minimum absolute atomic E-state index is 0.632. The molecule has 0 aromatic heterocycles. The Labute approximate surface area is 94.7 Å². The fourth-order valence-electron chi connectivity index (χ4n) is 0.596. The molecule has 1 N–H and O–H groups in total. The summed E-state index contributed by atoms with van der Waals surface area (Å²) in [5.74, 6) is -1.76. The minimum atomic E-state index is -1.13. The van der Waals surface area contributed by atoms with Gasteiger partial charge < -0.3 is 14.6 Å². The number of esters is 1. The van der Waals surface area contributed by atoms with Gasteiger partial charge in [-0.1, -0.05) is 38.5 Å². The van der Waals surface area contributed by atoms with Gasteiger partial charge in [0.2, 0.25) is 0 Å². The second-order valence-electron chi connectivity index (χ2n) is 3.96. The lowest BCUT2D eigenvalue weighted by molar-refractivity contribution is -0.143. The number of hydrogen-bond acceptors (Lipinski definition) is 4. The first kappa shape index (κ1) is 13.0. The quantitative estimate of drug-likeness (QED) is 0.572. The largest absolute Gasteiger partial charge is 0.479 e. The predicted octanol–water partition coefficient (Wildman–Crippen LogP) is 1.35. The van der Waals surface area contributed by atoms with E-state index in [1.807, 2.05) is 0 Å². The number of carbonyl (C=O) groups excluding carboxylic acids is 1. The van der Waals surface area contributed by atoms with Crippen molar-refractivity contribution in [2.45, 2.75) is 50.7 Å². The number of aliphatic carboxylic acids is 1. The molecule has 0 spiro atoms. The molecule has 3 rings (SSSR count). The molecule has 2 unspecified atom stereocenters. The number of carboxylic acids is 1. The standard InChI is InChI=1S/C5H6O5.2C3H6/c1-9-5(8)3-2(10-3)4(6)7;2*1-2-3-1/h2-3H,1H3,(H,6,7);2*1-3H2. The van der Waals surface area contributed by atoms with Crippen LogP contribution in [-0.4, -0.2) is 36.4 Å². The summed E-state index contributed by atoms with van der Waals surface area (Å²) in [5, 5.41) is 8.24. The van der Waals surface area contributed by atoms with E-state index in [4.69, 9.17) is 5.11 Å². The summed E-state index contributed by atoms with van der Waals surface area (Å²) < 4.78 is 8.68. The Bertz CT molecular complexity index is 235. The molecular weight excluding hydrogens is 212 g/mol. The van der Waals surface area contributed by atoms with E-state index in [1.54, 1.807) is 0 Å². The van der Waals surface area contributed by atoms with Crippen LogP contribution in [0.15, 0.2) is 0 Å². The number of epoxide rings is 1. The van der Waals surface area contributed by atoms with Crippen molar-refractivity contribution in [3.8, 4) is 0 Å². The van der Waals surface area contributed by atoms with Crippen LogP contribution < -0.4 is 0 Å². The number of ether oxygens (including phenoxy) is 2. The maximum absolute atomic E-state index is 10.5. The van der Waals surface area contributed by atoms with Crippen LogP contribution in [0.1, 0.15) is 38.5 Å². The summed E-state index contributed by atoms with van der Waals surface area (Å²) in [7, 11) is 1.18. The first-order chi connectivity index (χ1) is 7.66.